The Morgan fingerprint density at radius 1 is 1.18 bits per heavy atom. The molecular formula is C8H19NO2. The highest BCUT2D eigenvalue weighted by molar-refractivity contribution is 4.38. The number of hydrogen-bond donors (Lipinski definition) is 0. The molecule has 0 N–H and O–H groups in total. The average Bonchev–Trinajstić information content (AvgIpc) is 1.97. The molecule has 0 bridgehead atoms. The lowest BCUT2D eigenvalue weighted by molar-refractivity contribution is -0.208. The van der Waals surface area contributed by atoms with Crippen molar-refractivity contribution in [2.75, 3.05) is 27.3 Å². The van der Waals surface area contributed by atoms with E-state index in [1.54, 1.807) is 0 Å². The predicted octanol–water partition coefficient (Wildman–Crippen LogP) is 1.29. The summed E-state index contributed by atoms with van der Waals surface area (Å²) in [6.07, 6.45) is 0.845. The fourth-order valence-electron chi connectivity index (χ4n) is 0.708. The zero-order valence-electron chi connectivity index (χ0n) is 7.96. The van der Waals surface area contributed by atoms with Crippen molar-refractivity contribution in [3.05, 3.63) is 0 Å². The van der Waals surface area contributed by atoms with Crippen molar-refractivity contribution in [3.8, 4) is 0 Å². The summed E-state index contributed by atoms with van der Waals surface area (Å²) in [4.78, 5) is 1.92. The van der Waals surface area contributed by atoms with Gasteiger partial charge in [-0.3, -0.25) is 4.90 Å². The van der Waals surface area contributed by atoms with Crippen molar-refractivity contribution in [2.45, 2.75) is 26.7 Å². The smallest absolute Gasteiger partial charge is 0.218 e. The lowest BCUT2D eigenvalue weighted by Gasteiger charge is -2.23. The maximum Gasteiger partial charge on any atom is 0.218 e. The van der Waals surface area contributed by atoms with Gasteiger partial charge in [-0.15, -0.1) is 0 Å². The highest BCUT2D eigenvalue weighted by atomic mass is 16.7. The van der Waals surface area contributed by atoms with Crippen LogP contribution in [0.15, 0.2) is 0 Å². The van der Waals surface area contributed by atoms with Crippen LogP contribution in [0, 0.1) is 0 Å². The summed E-state index contributed by atoms with van der Waals surface area (Å²) in [5.41, 5.74) is 0. The molecular weight excluding hydrogens is 142 g/mol. The van der Waals surface area contributed by atoms with Gasteiger partial charge in [0.05, 0.1) is 6.61 Å². The van der Waals surface area contributed by atoms with Gasteiger partial charge in [0.1, 0.15) is 0 Å². The van der Waals surface area contributed by atoms with E-state index in [0.717, 1.165) is 13.0 Å². The molecule has 0 aromatic heterocycles. The zero-order valence-corrected chi connectivity index (χ0v) is 7.96. The molecule has 0 radical (unpaired) electrons. The quantitative estimate of drug-likeness (QED) is 0.548. The Morgan fingerprint density at radius 2 is 1.82 bits per heavy atom. The minimum absolute atomic E-state index is 0.181. The molecule has 1 atom stereocenters. The normalized spacial score (nSPS) is 13.9. The maximum absolute atomic E-state index is 5.40. The standard InChI is InChI=1S/C8H19NO2/c1-5-7-11-8(9(3)4)10-6-2/h8H,5-7H2,1-4H3. The summed E-state index contributed by atoms with van der Waals surface area (Å²) in [5.74, 6) is 0. The maximum atomic E-state index is 5.40. The second-order valence-corrected chi connectivity index (χ2v) is 2.60. The van der Waals surface area contributed by atoms with Crippen molar-refractivity contribution in [2.24, 2.45) is 0 Å². The lowest BCUT2D eigenvalue weighted by atomic mass is 10.5. The Balaban J connectivity index is 3.51. The molecule has 68 valence electrons. The Hall–Kier alpha value is -0.120. The number of nitrogens with zero attached hydrogens (tertiary/aromatic N) is 1. The minimum Gasteiger partial charge on any atom is -0.340 e. The SMILES string of the molecule is CCCOC(OCC)N(C)C. The van der Waals surface area contributed by atoms with Crippen LogP contribution in [0.1, 0.15) is 20.3 Å². The van der Waals surface area contributed by atoms with Crippen LogP contribution < -0.4 is 0 Å². The molecule has 0 heterocycles. The predicted molar refractivity (Wildman–Crippen MR) is 45.3 cm³/mol. The largest absolute Gasteiger partial charge is 0.340 e. The molecule has 11 heavy (non-hydrogen) atoms. The van der Waals surface area contributed by atoms with Crippen LogP contribution >= 0.6 is 0 Å². The van der Waals surface area contributed by atoms with Gasteiger partial charge in [0.25, 0.3) is 0 Å². The van der Waals surface area contributed by atoms with E-state index in [2.05, 4.69) is 6.92 Å². The van der Waals surface area contributed by atoms with Crippen LogP contribution in [-0.4, -0.2) is 38.6 Å². The fraction of sp³-hybridized carbons (Fsp3) is 1.00. The van der Waals surface area contributed by atoms with E-state index in [-0.39, 0.29) is 6.41 Å². The van der Waals surface area contributed by atoms with Crippen LogP contribution in [0.5, 0.6) is 0 Å². The number of rotatable bonds is 6. The van der Waals surface area contributed by atoms with Gasteiger partial charge in [-0.2, -0.15) is 0 Å². The van der Waals surface area contributed by atoms with Crippen LogP contribution in [0.3, 0.4) is 0 Å². The van der Waals surface area contributed by atoms with E-state index >= 15 is 0 Å². The zero-order chi connectivity index (χ0) is 8.69. The second-order valence-electron chi connectivity index (χ2n) is 2.60. The second kappa shape index (κ2) is 6.58. The summed E-state index contributed by atoms with van der Waals surface area (Å²) in [6.45, 7) is 5.49. The van der Waals surface area contributed by atoms with Gasteiger partial charge in [-0.05, 0) is 27.4 Å². The number of hydrogen-bond acceptors (Lipinski definition) is 3. The summed E-state index contributed by atoms with van der Waals surface area (Å²) in [7, 11) is 3.88. The van der Waals surface area contributed by atoms with Crippen molar-refractivity contribution in [3.63, 3.8) is 0 Å². The molecule has 0 fully saturated rings. The van der Waals surface area contributed by atoms with Gasteiger partial charge >= 0.3 is 0 Å². The van der Waals surface area contributed by atoms with Crippen molar-refractivity contribution in [1.29, 1.82) is 0 Å². The summed E-state index contributed by atoms with van der Waals surface area (Å²) in [5, 5.41) is 0. The first-order chi connectivity index (χ1) is 5.22. The molecule has 0 aliphatic heterocycles. The molecule has 0 aliphatic carbocycles. The molecule has 3 heteroatoms. The van der Waals surface area contributed by atoms with Crippen molar-refractivity contribution < 1.29 is 9.47 Å². The number of ether oxygens (including phenoxy) is 2. The van der Waals surface area contributed by atoms with E-state index in [9.17, 15) is 0 Å². The monoisotopic (exact) mass is 161 g/mol. The topological polar surface area (TPSA) is 21.7 Å². The molecule has 0 aliphatic rings. The van der Waals surface area contributed by atoms with Crippen LogP contribution in [-0.2, 0) is 9.47 Å². The molecule has 0 aromatic carbocycles. The van der Waals surface area contributed by atoms with Crippen LogP contribution in [0.4, 0.5) is 0 Å². The Bertz CT molecular complexity index is 86.2. The molecule has 0 saturated carbocycles. The molecule has 0 aromatic rings. The summed E-state index contributed by atoms with van der Waals surface area (Å²) in [6, 6.07) is 0. The molecule has 0 saturated heterocycles. The van der Waals surface area contributed by atoms with Gasteiger partial charge in [-0.1, -0.05) is 6.92 Å². The summed E-state index contributed by atoms with van der Waals surface area (Å²) >= 11 is 0. The molecule has 0 amide bonds. The Kier molecular flexibility index (Phi) is 6.51. The van der Waals surface area contributed by atoms with Crippen molar-refractivity contribution in [1.82, 2.24) is 4.90 Å². The average molecular weight is 161 g/mol. The van der Waals surface area contributed by atoms with Gasteiger partial charge in [0, 0.05) is 6.61 Å². The molecule has 0 spiro atoms. The highest BCUT2D eigenvalue weighted by Gasteiger charge is 2.09. The minimum atomic E-state index is -0.181. The van der Waals surface area contributed by atoms with Gasteiger partial charge in [0.2, 0.25) is 6.41 Å². The van der Waals surface area contributed by atoms with Gasteiger partial charge in [-0.25, -0.2) is 0 Å². The first kappa shape index (κ1) is 10.9. The molecule has 0 rings (SSSR count). The Morgan fingerprint density at radius 3 is 2.18 bits per heavy atom. The van der Waals surface area contributed by atoms with Crippen molar-refractivity contribution >= 4 is 0 Å². The Labute approximate surface area is 69.3 Å². The van der Waals surface area contributed by atoms with Gasteiger partial charge < -0.3 is 9.47 Å². The summed E-state index contributed by atoms with van der Waals surface area (Å²) < 4.78 is 10.7. The van der Waals surface area contributed by atoms with E-state index in [4.69, 9.17) is 9.47 Å². The van der Waals surface area contributed by atoms with Crippen LogP contribution in [0.2, 0.25) is 0 Å². The fourth-order valence-corrected chi connectivity index (χ4v) is 0.708. The molecule has 1 unspecified atom stereocenters. The van der Waals surface area contributed by atoms with E-state index < -0.39 is 0 Å². The first-order valence-electron chi connectivity index (χ1n) is 4.12. The first-order valence-corrected chi connectivity index (χ1v) is 4.12. The third kappa shape index (κ3) is 5.18. The van der Waals surface area contributed by atoms with Crippen LogP contribution in [0.25, 0.3) is 0 Å². The third-order valence-corrected chi connectivity index (χ3v) is 1.20. The van der Waals surface area contributed by atoms with E-state index in [1.807, 2.05) is 25.9 Å². The van der Waals surface area contributed by atoms with E-state index in [1.165, 1.54) is 0 Å². The van der Waals surface area contributed by atoms with Gasteiger partial charge in [0.15, 0.2) is 0 Å². The molecule has 3 nitrogen and oxygen atoms in total. The van der Waals surface area contributed by atoms with E-state index in [0.29, 0.717) is 6.61 Å². The third-order valence-electron chi connectivity index (χ3n) is 1.20. The highest BCUT2D eigenvalue weighted by Crippen LogP contribution is 1.98. The lowest BCUT2D eigenvalue weighted by Crippen LogP contribution is -2.33.